The van der Waals surface area contributed by atoms with Gasteiger partial charge in [0, 0.05) is 13.1 Å². The minimum Gasteiger partial charge on any atom is -0.467 e. The summed E-state index contributed by atoms with van der Waals surface area (Å²) >= 11 is 0. The Bertz CT molecular complexity index is 416. The average molecular weight is 265 g/mol. The lowest BCUT2D eigenvalue weighted by molar-refractivity contribution is -0.141. The summed E-state index contributed by atoms with van der Waals surface area (Å²) in [6.45, 7) is 4.94. The molecule has 1 unspecified atom stereocenters. The van der Waals surface area contributed by atoms with E-state index >= 15 is 0 Å². The first-order chi connectivity index (χ1) is 9.20. The third-order valence-corrected chi connectivity index (χ3v) is 3.02. The van der Waals surface area contributed by atoms with Crippen LogP contribution < -0.4 is 10.2 Å². The monoisotopic (exact) mass is 265 g/mol. The zero-order valence-electron chi connectivity index (χ0n) is 11.3. The normalized spacial score (nSPS) is 16.8. The van der Waals surface area contributed by atoms with Crippen LogP contribution in [-0.2, 0) is 14.3 Å². The maximum Gasteiger partial charge on any atom is 0.327 e. The lowest BCUT2D eigenvalue weighted by atomic mass is 10.3. The Hall–Kier alpha value is -1.82. The van der Waals surface area contributed by atoms with E-state index in [0.717, 1.165) is 37.8 Å². The molecule has 0 aromatic carbocycles. The number of rotatable bonds is 4. The van der Waals surface area contributed by atoms with Gasteiger partial charge in [-0.2, -0.15) is 0 Å². The number of carbonyl (C=O) groups excluding carboxylic acids is 1. The van der Waals surface area contributed by atoms with Gasteiger partial charge in [0.25, 0.3) is 0 Å². The second kappa shape index (κ2) is 6.38. The number of methoxy groups -OCH3 is 1. The van der Waals surface area contributed by atoms with Crippen LogP contribution in [0.5, 0.6) is 0 Å². The highest BCUT2D eigenvalue weighted by molar-refractivity contribution is 5.78. The number of esters is 1. The number of nitrogens with zero attached hydrogens (tertiary/aromatic N) is 2. The second-order valence-corrected chi connectivity index (χ2v) is 4.39. The molecular formula is C13H19N3O3. The molecule has 0 radical (unpaired) electrons. The van der Waals surface area contributed by atoms with E-state index in [1.807, 2.05) is 12.1 Å². The highest BCUT2D eigenvalue weighted by atomic mass is 16.5. The van der Waals surface area contributed by atoms with E-state index in [4.69, 9.17) is 4.74 Å². The van der Waals surface area contributed by atoms with E-state index in [2.05, 4.69) is 19.9 Å². The molecular weight excluding hydrogens is 246 g/mol. The Morgan fingerprint density at radius 2 is 2.21 bits per heavy atom. The van der Waals surface area contributed by atoms with Gasteiger partial charge in [-0.1, -0.05) is 0 Å². The number of anilines is 2. The molecule has 0 spiro atoms. The highest BCUT2D eigenvalue weighted by Crippen LogP contribution is 2.16. The van der Waals surface area contributed by atoms with Gasteiger partial charge in [0.2, 0.25) is 0 Å². The van der Waals surface area contributed by atoms with Gasteiger partial charge in [0.15, 0.2) is 0 Å². The van der Waals surface area contributed by atoms with Crippen LogP contribution in [-0.4, -0.2) is 50.4 Å². The molecule has 2 heterocycles. The molecule has 0 saturated carbocycles. The fraction of sp³-hybridized carbons (Fsp3) is 0.538. The number of aromatic nitrogens is 1. The second-order valence-electron chi connectivity index (χ2n) is 4.39. The van der Waals surface area contributed by atoms with Crippen LogP contribution in [0.4, 0.5) is 11.5 Å². The highest BCUT2D eigenvalue weighted by Gasteiger charge is 2.14. The summed E-state index contributed by atoms with van der Waals surface area (Å²) in [6.07, 6.45) is 1.73. The topological polar surface area (TPSA) is 63.7 Å². The van der Waals surface area contributed by atoms with Crippen LogP contribution in [0.25, 0.3) is 0 Å². The largest absolute Gasteiger partial charge is 0.467 e. The first-order valence-corrected chi connectivity index (χ1v) is 6.34. The van der Waals surface area contributed by atoms with Gasteiger partial charge in [0.05, 0.1) is 32.2 Å². The number of nitrogens with one attached hydrogen (secondary N) is 1. The predicted molar refractivity (Wildman–Crippen MR) is 72.4 cm³/mol. The first kappa shape index (κ1) is 13.6. The van der Waals surface area contributed by atoms with E-state index in [1.54, 1.807) is 13.1 Å². The molecule has 1 aliphatic heterocycles. The standard InChI is InChI=1S/C13H19N3O3/c1-10(13(17)18-2)15-11-3-4-12(14-9-11)16-5-7-19-8-6-16/h3-4,9-10,15H,5-8H2,1-2H3. The van der Waals surface area contributed by atoms with Crippen molar-refractivity contribution in [3.63, 3.8) is 0 Å². The van der Waals surface area contributed by atoms with Crippen molar-refractivity contribution in [1.29, 1.82) is 0 Å². The summed E-state index contributed by atoms with van der Waals surface area (Å²) in [5.41, 5.74) is 0.801. The van der Waals surface area contributed by atoms with Crippen LogP contribution in [0.3, 0.4) is 0 Å². The molecule has 6 heteroatoms. The Morgan fingerprint density at radius 1 is 1.47 bits per heavy atom. The predicted octanol–water partition coefficient (Wildman–Crippen LogP) is 0.892. The number of morpholine rings is 1. The van der Waals surface area contributed by atoms with Crippen LogP contribution >= 0.6 is 0 Å². The van der Waals surface area contributed by atoms with Gasteiger partial charge >= 0.3 is 5.97 Å². The van der Waals surface area contributed by atoms with Gasteiger partial charge in [-0.05, 0) is 19.1 Å². The molecule has 0 amide bonds. The van der Waals surface area contributed by atoms with Crippen molar-refractivity contribution in [2.24, 2.45) is 0 Å². The van der Waals surface area contributed by atoms with E-state index in [9.17, 15) is 4.79 Å². The zero-order valence-corrected chi connectivity index (χ0v) is 11.3. The molecule has 0 bridgehead atoms. The Morgan fingerprint density at radius 3 is 2.79 bits per heavy atom. The fourth-order valence-corrected chi connectivity index (χ4v) is 1.94. The molecule has 1 aliphatic rings. The van der Waals surface area contributed by atoms with Crippen molar-refractivity contribution in [3.8, 4) is 0 Å². The molecule has 1 aromatic heterocycles. The van der Waals surface area contributed by atoms with Gasteiger partial charge in [-0.3, -0.25) is 0 Å². The summed E-state index contributed by atoms with van der Waals surface area (Å²) in [6, 6.07) is 3.47. The molecule has 6 nitrogen and oxygen atoms in total. The van der Waals surface area contributed by atoms with Crippen LogP contribution in [0, 0.1) is 0 Å². The minimum atomic E-state index is -0.388. The third kappa shape index (κ3) is 3.57. The van der Waals surface area contributed by atoms with E-state index in [1.165, 1.54) is 7.11 Å². The molecule has 2 rings (SSSR count). The van der Waals surface area contributed by atoms with Crippen molar-refractivity contribution in [3.05, 3.63) is 18.3 Å². The molecule has 1 N–H and O–H groups in total. The Kier molecular flexibility index (Phi) is 4.57. The smallest absolute Gasteiger partial charge is 0.327 e. The van der Waals surface area contributed by atoms with E-state index in [-0.39, 0.29) is 12.0 Å². The third-order valence-electron chi connectivity index (χ3n) is 3.02. The van der Waals surface area contributed by atoms with Crippen molar-refractivity contribution >= 4 is 17.5 Å². The van der Waals surface area contributed by atoms with Gasteiger partial charge in [-0.25, -0.2) is 9.78 Å². The van der Waals surface area contributed by atoms with Crippen molar-refractivity contribution < 1.29 is 14.3 Å². The molecule has 1 aromatic rings. The molecule has 1 fully saturated rings. The molecule has 104 valence electrons. The number of ether oxygens (including phenoxy) is 2. The lowest BCUT2D eigenvalue weighted by Crippen LogP contribution is -2.36. The van der Waals surface area contributed by atoms with Crippen LogP contribution in [0.15, 0.2) is 18.3 Å². The maximum atomic E-state index is 11.3. The molecule has 1 atom stereocenters. The Labute approximate surface area is 112 Å². The lowest BCUT2D eigenvalue weighted by Gasteiger charge is -2.27. The summed E-state index contributed by atoms with van der Waals surface area (Å²) in [5, 5.41) is 3.04. The van der Waals surface area contributed by atoms with Crippen molar-refractivity contribution in [1.82, 2.24) is 4.98 Å². The molecule has 0 aliphatic carbocycles. The quantitative estimate of drug-likeness (QED) is 0.816. The minimum absolute atomic E-state index is 0.294. The first-order valence-electron chi connectivity index (χ1n) is 6.34. The van der Waals surface area contributed by atoms with Gasteiger partial charge < -0.3 is 19.7 Å². The maximum absolute atomic E-state index is 11.3. The number of hydrogen-bond donors (Lipinski definition) is 1. The van der Waals surface area contributed by atoms with Gasteiger partial charge in [-0.15, -0.1) is 0 Å². The molecule has 19 heavy (non-hydrogen) atoms. The molecule has 1 saturated heterocycles. The van der Waals surface area contributed by atoms with E-state index < -0.39 is 0 Å². The van der Waals surface area contributed by atoms with Crippen molar-refractivity contribution in [2.75, 3.05) is 43.6 Å². The summed E-state index contributed by atoms with van der Waals surface area (Å²) in [7, 11) is 1.38. The average Bonchev–Trinajstić information content (AvgIpc) is 2.48. The Balaban J connectivity index is 1.96. The fourth-order valence-electron chi connectivity index (χ4n) is 1.94. The van der Waals surface area contributed by atoms with Gasteiger partial charge in [0.1, 0.15) is 11.9 Å². The zero-order chi connectivity index (χ0) is 13.7. The van der Waals surface area contributed by atoms with Crippen molar-refractivity contribution in [2.45, 2.75) is 13.0 Å². The SMILES string of the molecule is COC(=O)C(C)Nc1ccc(N2CCOCC2)nc1. The van der Waals surface area contributed by atoms with Crippen LogP contribution in [0.2, 0.25) is 0 Å². The summed E-state index contributed by atoms with van der Waals surface area (Å²) < 4.78 is 9.96. The van der Waals surface area contributed by atoms with Crippen LogP contribution in [0.1, 0.15) is 6.92 Å². The number of pyridine rings is 1. The van der Waals surface area contributed by atoms with E-state index in [0.29, 0.717) is 0 Å². The number of carbonyl (C=O) groups is 1. The summed E-state index contributed by atoms with van der Waals surface area (Å²) in [5.74, 6) is 0.636. The summed E-state index contributed by atoms with van der Waals surface area (Å²) in [4.78, 5) is 17.9. The number of hydrogen-bond acceptors (Lipinski definition) is 6.